The van der Waals surface area contributed by atoms with Crippen LogP contribution in [0.1, 0.15) is 31.4 Å². The molecule has 0 aliphatic carbocycles. The van der Waals surface area contributed by atoms with Gasteiger partial charge < -0.3 is 15.1 Å². The second-order valence-electron chi connectivity index (χ2n) is 7.13. The molecule has 2 fully saturated rings. The zero-order valence-corrected chi connectivity index (χ0v) is 15.9. The highest BCUT2D eigenvalue weighted by Gasteiger charge is 2.28. The van der Waals surface area contributed by atoms with Crippen molar-refractivity contribution in [3.63, 3.8) is 0 Å². The zero-order valence-electron chi connectivity index (χ0n) is 15.1. The Morgan fingerprint density at radius 3 is 2.58 bits per heavy atom. The Bertz CT molecular complexity index is 718. The van der Waals surface area contributed by atoms with Crippen LogP contribution in [0.4, 0.5) is 4.79 Å². The number of amides is 2. The van der Waals surface area contributed by atoms with Crippen molar-refractivity contribution in [3.05, 3.63) is 41.4 Å². The van der Waals surface area contributed by atoms with Crippen LogP contribution in [0.5, 0.6) is 0 Å². The number of benzene rings is 1. The predicted molar refractivity (Wildman–Crippen MR) is 105 cm³/mol. The van der Waals surface area contributed by atoms with Gasteiger partial charge in [0.1, 0.15) is 5.01 Å². The second-order valence-corrected chi connectivity index (χ2v) is 7.99. The molecule has 1 aromatic carbocycles. The summed E-state index contributed by atoms with van der Waals surface area (Å²) in [5, 5.41) is 6.07. The van der Waals surface area contributed by atoms with Gasteiger partial charge in [-0.25, -0.2) is 9.78 Å². The summed E-state index contributed by atoms with van der Waals surface area (Å²) in [5.74, 6) is 0. The van der Waals surface area contributed by atoms with Gasteiger partial charge in [0.05, 0.1) is 12.2 Å². The Morgan fingerprint density at radius 2 is 1.85 bits per heavy atom. The Balaban J connectivity index is 1.25. The summed E-state index contributed by atoms with van der Waals surface area (Å²) in [6.07, 6.45) is 4.86. The summed E-state index contributed by atoms with van der Waals surface area (Å²) in [6.45, 7) is 4.70. The van der Waals surface area contributed by atoms with E-state index in [9.17, 15) is 4.79 Å². The van der Waals surface area contributed by atoms with Crippen LogP contribution < -0.4 is 5.32 Å². The third-order valence-corrected chi connectivity index (χ3v) is 6.34. The number of thiazole rings is 1. The molecule has 26 heavy (non-hydrogen) atoms. The molecule has 0 atom stereocenters. The molecular formula is C20H26N4OS. The summed E-state index contributed by atoms with van der Waals surface area (Å²) in [6, 6.07) is 10.9. The first kappa shape index (κ1) is 17.5. The van der Waals surface area contributed by atoms with E-state index in [1.807, 2.05) is 28.5 Å². The fourth-order valence-electron chi connectivity index (χ4n) is 3.92. The van der Waals surface area contributed by atoms with Crippen molar-refractivity contribution in [2.75, 3.05) is 26.2 Å². The number of hydrogen-bond acceptors (Lipinski definition) is 4. The van der Waals surface area contributed by atoms with E-state index in [0.717, 1.165) is 42.2 Å². The number of piperidine rings is 1. The first-order valence-corrected chi connectivity index (χ1v) is 10.4. The van der Waals surface area contributed by atoms with Crippen molar-refractivity contribution in [3.8, 4) is 10.6 Å². The van der Waals surface area contributed by atoms with Crippen LogP contribution in [0.15, 0.2) is 35.7 Å². The van der Waals surface area contributed by atoms with Crippen LogP contribution in [0.25, 0.3) is 10.6 Å². The van der Waals surface area contributed by atoms with Crippen LogP contribution in [0, 0.1) is 0 Å². The van der Waals surface area contributed by atoms with Crippen molar-refractivity contribution in [1.29, 1.82) is 0 Å². The molecule has 5 nitrogen and oxygen atoms in total. The van der Waals surface area contributed by atoms with Crippen LogP contribution in [0.3, 0.4) is 0 Å². The highest BCUT2D eigenvalue weighted by Crippen LogP contribution is 2.23. The minimum absolute atomic E-state index is 0.0409. The lowest BCUT2D eigenvalue weighted by Crippen LogP contribution is -2.48. The summed E-state index contributed by atoms with van der Waals surface area (Å²) < 4.78 is 0. The SMILES string of the molecule is O=C(NCc1csc(-c2ccccc2)n1)N1CCC(N2CCCC2)CC1. The van der Waals surface area contributed by atoms with Gasteiger partial charge in [0.25, 0.3) is 0 Å². The van der Waals surface area contributed by atoms with E-state index in [1.165, 1.54) is 25.9 Å². The molecule has 6 heteroatoms. The van der Waals surface area contributed by atoms with Crippen molar-refractivity contribution in [2.45, 2.75) is 38.3 Å². The van der Waals surface area contributed by atoms with Gasteiger partial charge in [-0.15, -0.1) is 11.3 Å². The van der Waals surface area contributed by atoms with Crippen LogP contribution in [-0.2, 0) is 6.54 Å². The lowest BCUT2D eigenvalue weighted by molar-refractivity contribution is 0.134. The summed E-state index contributed by atoms with van der Waals surface area (Å²) >= 11 is 1.62. The average molecular weight is 371 g/mol. The molecule has 2 saturated heterocycles. The lowest BCUT2D eigenvalue weighted by atomic mass is 10.0. The molecule has 2 amide bonds. The fraction of sp³-hybridized carbons (Fsp3) is 0.500. The van der Waals surface area contributed by atoms with Gasteiger partial charge in [-0.2, -0.15) is 0 Å². The summed E-state index contributed by atoms with van der Waals surface area (Å²) in [5.41, 5.74) is 2.05. The normalized spacial score (nSPS) is 19.0. The number of carbonyl (C=O) groups is 1. The smallest absolute Gasteiger partial charge is 0.317 e. The number of hydrogen-bond donors (Lipinski definition) is 1. The van der Waals surface area contributed by atoms with Crippen LogP contribution in [0.2, 0.25) is 0 Å². The van der Waals surface area contributed by atoms with Crippen molar-refractivity contribution >= 4 is 17.4 Å². The molecule has 0 saturated carbocycles. The Hall–Kier alpha value is -1.92. The largest absolute Gasteiger partial charge is 0.332 e. The van der Waals surface area contributed by atoms with Crippen LogP contribution in [-0.4, -0.2) is 53.0 Å². The quantitative estimate of drug-likeness (QED) is 0.895. The predicted octanol–water partition coefficient (Wildman–Crippen LogP) is 3.58. The van der Waals surface area contributed by atoms with Gasteiger partial charge >= 0.3 is 6.03 Å². The number of rotatable bonds is 4. The van der Waals surface area contributed by atoms with E-state index in [2.05, 4.69) is 27.3 Å². The number of urea groups is 1. The molecule has 4 rings (SSSR count). The molecule has 0 unspecified atom stereocenters. The third kappa shape index (κ3) is 4.07. The van der Waals surface area contributed by atoms with Gasteiger partial charge in [-0.05, 0) is 38.8 Å². The lowest BCUT2D eigenvalue weighted by Gasteiger charge is -2.36. The third-order valence-electron chi connectivity index (χ3n) is 5.40. The number of aromatic nitrogens is 1. The van der Waals surface area contributed by atoms with Gasteiger partial charge in [-0.1, -0.05) is 30.3 Å². The van der Waals surface area contributed by atoms with Crippen LogP contribution >= 0.6 is 11.3 Å². The first-order valence-electron chi connectivity index (χ1n) is 9.56. The Kier molecular flexibility index (Phi) is 5.51. The topological polar surface area (TPSA) is 48.5 Å². The maximum atomic E-state index is 12.5. The number of nitrogens with zero attached hydrogens (tertiary/aromatic N) is 3. The van der Waals surface area contributed by atoms with E-state index in [4.69, 9.17) is 0 Å². The zero-order chi connectivity index (χ0) is 17.8. The molecule has 0 radical (unpaired) electrons. The van der Waals surface area contributed by atoms with Gasteiger partial charge in [-0.3, -0.25) is 0 Å². The molecule has 1 N–H and O–H groups in total. The van der Waals surface area contributed by atoms with Crippen molar-refractivity contribution in [1.82, 2.24) is 20.1 Å². The standard InChI is InChI=1S/C20H26N4OS/c25-20(24-12-8-18(9-13-24)23-10-4-5-11-23)21-14-17-15-26-19(22-17)16-6-2-1-3-7-16/h1-3,6-7,15,18H,4-5,8-14H2,(H,21,25). The monoisotopic (exact) mass is 370 g/mol. The van der Waals surface area contributed by atoms with E-state index in [0.29, 0.717) is 12.6 Å². The van der Waals surface area contributed by atoms with Crippen molar-refractivity contribution in [2.24, 2.45) is 0 Å². The van der Waals surface area contributed by atoms with Gasteiger partial charge in [0.15, 0.2) is 0 Å². The first-order chi connectivity index (χ1) is 12.8. The summed E-state index contributed by atoms with van der Waals surface area (Å²) in [7, 11) is 0. The number of nitrogens with one attached hydrogen (secondary N) is 1. The summed E-state index contributed by atoms with van der Waals surface area (Å²) in [4.78, 5) is 21.7. The minimum Gasteiger partial charge on any atom is -0.332 e. The molecule has 3 heterocycles. The molecule has 138 valence electrons. The molecule has 0 bridgehead atoms. The molecule has 1 aromatic heterocycles. The van der Waals surface area contributed by atoms with Crippen molar-refractivity contribution < 1.29 is 4.79 Å². The van der Waals surface area contributed by atoms with E-state index in [-0.39, 0.29) is 6.03 Å². The second kappa shape index (κ2) is 8.18. The Morgan fingerprint density at radius 1 is 1.12 bits per heavy atom. The molecule has 2 aliphatic rings. The van der Waals surface area contributed by atoms with E-state index < -0.39 is 0 Å². The molecule has 2 aliphatic heterocycles. The van der Waals surface area contributed by atoms with E-state index >= 15 is 0 Å². The minimum atomic E-state index is 0.0409. The van der Waals surface area contributed by atoms with Gasteiger partial charge in [0.2, 0.25) is 0 Å². The Labute approximate surface area is 159 Å². The maximum Gasteiger partial charge on any atom is 0.317 e. The maximum absolute atomic E-state index is 12.5. The molecular weight excluding hydrogens is 344 g/mol. The fourth-order valence-corrected chi connectivity index (χ4v) is 4.75. The number of carbonyl (C=O) groups excluding carboxylic acids is 1. The number of likely N-dealkylation sites (tertiary alicyclic amines) is 2. The highest BCUT2D eigenvalue weighted by atomic mass is 32.1. The average Bonchev–Trinajstić information content (AvgIpc) is 3.39. The van der Waals surface area contributed by atoms with E-state index in [1.54, 1.807) is 11.3 Å². The molecule has 2 aromatic rings. The van der Waals surface area contributed by atoms with Gasteiger partial charge in [0, 0.05) is 30.1 Å². The highest BCUT2D eigenvalue weighted by molar-refractivity contribution is 7.13. The molecule has 0 spiro atoms.